The molecule has 2 aromatic heterocycles. The Morgan fingerprint density at radius 3 is 2.70 bits per heavy atom. The highest BCUT2D eigenvalue weighted by Gasteiger charge is 2.06. The molecule has 0 spiro atoms. The lowest BCUT2D eigenvalue weighted by atomic mass is 10.1. The van der Waals surface area contributed by atoms with Crippen molar-refractivity contribution in [3.8, 4) is 0 Å². The molecule has 3 aromatic rings. The summed E-state index contributed by atoms with van der Waals surface area (Å²) in [6.07, 6.45) is 4.63. The van der Waals surface area contributed by atoms with Crippen LogP contribution in [0.4, 0.5) is 5.82 Å². The van der Waals surface area contributed by atoms with Crippen molar-refractivity contribution in [2.24, 2.45) is 7.05 Å². The van der Waals surface area contributed by atoms with E-state index < -0.39 is 0 Å². The Morgan fingerprint density at radius 2 is 1.95 bits per heavy atom. The van der Waals surface area contributed by atoms with Crippen molar-refractivity contribution >= 4 is 16.6 Å². The molecule has 0 unspecified atom stereocenters. The van der Waals surface area contributed by atoms with Gasteiger partial charge in [-0.2, -0.15) is 5.10 Å². The van der Waals surface area contributed by atoms with Gasteiger partial charge in [0.2, 0.25) is 0 Å². The van der Waals surface area contributed by atoms with Crippen LogP contribution >= 0.6 is 0 Å². The number of aryl methyl sites for hydroxylation is 2. The number of fused-ring (bicyclic) bond motifs is 1. The molecule has 0 amide bonds. The van der Waals surface area contributed by atoms with Gasteiger partial charge in [-0.3, -0.25) is 0 Å². The molecule has 3 rings (SSSR count). The van der Waals surface area contributed by atoms with Gasteiger partial charge in [0.05, 0.1) is 5.69 Å². The third kappa shape index (κ3) is 2.34. The minimum Gasteiger partial charge on any atom is -0.368 e. The molecule has 0 bridgehead atoms. The van der Waals surface area contributed by atoms with Crippen molar-refractivity contribution in [1.29, 1.82) is 0 Å². The Labute approximate surface area is 117 Å². The van der Waals surface area contributed by atoms with Gasteiger partial charge in [0.15, 0.2) is 5.82 Å². The largest absolute Gasteiger partial charge is 0.368 e. The van der Waals surface area contributed by atoms with E-state index in [-0.39, 0.29) is 0 Å². The molecule has 0 radical (unpaired) electrons. The van der Waals surface area contributed by atoms with Gasteiger partial charge in [0.1, 0.15) is 5.82 Å². The van der Waals surface area contributed by atoms with Crippen molar-refractivity contribution in [3.63, 3.8) is 0 Å². The topological polar surface area (TPSA) is 55.6 Å². The van der Waals surface area contributed by atoms with Gasteiger partial charge in [-0.1, -0.05) is 24.3 Å². The fraction of sp³-hybridized carbons (Fsp3) is 0.267. The fourth-order valence-electron chi connectivity index (χ4n) is 2.30. The molecular weight excluding hydrogens is 250 g/mol. The highest BCUT2D eigenvalue weighted by molar-refractivity contribution is 5.92. The lowest BCUT2D eigenvalue weighted by molar-refractivity contribution is 0.787. The molecule has 0 saturated heterocycles. The summed E-state index contributed by atoms with van der Waals surface area (Å²) in [4.78, 5) is 4.31. The highest BCUT2D eigenvalue weighted by Crippen LogP contribution is 2.22. The maximum Gasteiger partial charge on any atom is 0.156 e. The van der Waals surface area contributed by atoms with Gasteiger partial charge in [-0.05, 0) is 6.92 Å². The van der Waals surface area contributed by atoms with E-state index >= 15 is 0 Å². The summed E-state index contributed by atoms with van der Waals surface area (Å²) in [5, 5.41) is 14.1. The van der Waals surface area contributed by atoms with Crippen LogP contribution in [0.3, 0.4) is 0 Å². The van der Waals surface area contributed by atoms with Crippen LogP contribution in [-0.2, 0) is 13.5 Å². The molecule has 0 atom stereocenters. The smallest absolute Gasteiger partial charge is 0.156 e. The minimum absolute atomic E-state index is 0.784. The second kappa shape index (κ2) is 5.28. The van der Waals surface area contributed by atoms with Crippen molar-refractivity contribution in [3.05, 3.63) is 48.2 Å². The van der Waals surface area contributed by atoms with Gasteiger partial charge in [-0.25, -0.2) is 4.98 Å². The number of anilines is 1. The van der Waals surface area contributed by atoms with Crippen LogP contribution in [0, 0.1) is 6.92 Å². The molecule has 1 aromatic carbocycles. The maximum atomic E-state index is 4.31. The first-order chi connectivity index (χ1) is 9.75. The molecule has 0 fully saturated rings. The number of nitrogens with one attached hydrogen (secondary N) is 1. The summed E-state index contributed by atoms with van der Waals surface area (Å²) < 4.78 is 2.03. The van der Waals surface area contributed by atoms with E-state index in [9.17, 15) is 0 Å². The summed E-state index contributed by atoms with van der Waals surface area (Å²) >= 11 is 0. The molecular formula is C15H17N5. The quantitative estimate of drug-likeness (QED) is 0.788. The van der Waals surface area contributed by atoms with Gasteiger partial charge in [-0.15, -0.1) is 5.10 Å². The highest BCUT2D eigenvalue weighted by atomic mass is 15.2. The summed E-state index contributed by atoms with van der Waals surface area (Å²) in [6.45, 7) is 2.76. The van der Waals surface area contributed by atoms with E-state index in [0.717, 1.165) is 41.1 Å². The molecule has 5 heteroatoms. The van der Waals surface area contributed by atoms with E-state index in [4.69, 9.17) is 0 Å². The average molecular weight is 267 g/mol. The van der Waals surface area contributed by atoms with Crippen LogP contribution in [0.25, 0.3) is 10.8 Å². The molecule has 0 aliphatic carbocycles. The molecule has 20 heavy (non-hydrogen) atoms. The summed E-state index contributed by atoms with van der Waals surface area (Å²) in [5.74, 6) is 1.89. The number of aromatic nitrogens is 4. The molecule has 0 aliphatic rings. The molecule has 102 valence electrons. The molecule has 1 N–H and O–H groups in total. The number of hydrogen-bond acceptors (Lipinski definition) is 4. The molecule has 0 saturated carbocycles. The molecule has 2 heterocycles. The van der Waals surface area contributed by atoms with Crippen LogP contribution in [0.15, 0.2) is 36.7 Å². The van der Waals surface area contributed by atoms with E-state index in [1.807, 2.05) is 43.1 Å². The van der Waals surface area contributed by atoms with Crippen molar-refractivity contribution in [2.45, 2.75) is 13.3 Å². The zero-order valence-electron chi connectivity index (χ0n) is 11.7. The Hall–Kier alpha value is -2.43. The van der Waals surface area contributed by atoms with Crippen LogP contribution in [0.1, 0.15) is 11.5 Å². The number of benzene rings is 1. The van der Waals surface area contributed by atoms with Gasteiger partial charge in [0, 0.05) is 43.2 Å². The second-order valence-corrected chi connectivity index (χ2v) is 4.81. The SMILES string of the molecule is Cc1nnc(NCCc2nccn2C)c2ccccc12. The fourth-order valence-corrected chi connectivity index (χ4v) is 2.30. The van der Waals surface area contributed by atoms with Crippen LogP contribution in [-0.4, -0.2) is 26.3 Å². The number of imidazole rings is 1. The third-order valence-corrected chi connectivity index (χ3v) is 3.43. The van der Waals surface area contributed by atoms with Crippen molar-refractivity contribution < 1.29 is 0 Å². The Balaban J connectivity index is 1.78. The number of rotatable bonds is 4. The predicted octanol–water partition coefficient (Wildman–Crippen LogP) is 2.33. The van der Waals surface area contributed by atoms with Crippen LogP contribution in [0.2, 0.25) is 0 Å². The first-order valence-corrected chi connectivity index (χ1v) is 6.68. The monoisotopic (exact) mass is 267 g/mol. The van der Waals surface area contributed by atoms with Gasteiger partial charge in [0.25, 0.3) is 0 Å². The number of hydrogen-bond donors (Lipinski definition) is 1. The molecule has 5 nitrogen and oxygen atoms in total. The molecule has 0 aliphatic heterocycles. The lowest BCUT2D eigenvalue weighted by Gasteiger charge is -2.09. The summed E-state index contributed by atoms with van der Waals surface area (Å²) in [5.41, 5.74) is 0.954. The van der Waals surface area contributed by atoms with E-state index in [1.165, 1.54) is 0 Å². The normalized spacial score (nSPS) is 10.9. The minimum atomic E-state index is 0.784. The standard InChI is InChI=1S/C15H17N5/c1-11-12-5-3-4-6-13(12)15(19-18-11)17-8-7-14-16-9-10-20(14)2/h3-6,9-10H,7-8H2,1-2H3,(H,17,19). The zero-order chi connectivity index (χ0) is 13.9. The van der Waals surface area contributed by atoms with Crippen molar-refractivity contribution in [1.82, 2.24) is 19.7 Å². The Bertz CT molecular complexity index is 732. The van der Waals surface area contributed by atoms with E-state index in [2.05, 4.69) is 32.6 Å². The van der Waals surface area contributed by atoms with Crippen LogP contribution in [0.5, 0.6) is 0 Å². The van der Waals surface area contributed by atoms with E-state index in [0.29, 0.717) is 0 Å². The predicted molar refractivity (Wildman–Crippen MR) is 79.7 cm³/mol. The Kier molecular flexibility index (Phi) is 3.33. The Morgan fingerprint density at radius 1 is 1.15 bits per heavy atom. The summed E-state index contributed by atoms with van der Waals surface area (Å²) in [6, 6.07) is 8.19. The zero-order valence-corrected chi connectivity index (χ0v) is 11.7. The first kappa shape index (κ1) is 12.6. The van der Waals surface area contributed by atoms with Gasteiger partial charge >= 0.3 is 0 Å². The summed E-state index contributed by atoms with van der Waals surface area (Å²) in [7, 11) is 2.00. The van der Waals surface area contributed by atoms with Crippen LogP contribution < -0.4 is 5.32 Å². The second-order valence-electron chi connectivity index (χ2n) is 4.81. The third-order valence-electron chi connectivity index (χ3n) is 3.43. The maximum absolute atomic E-state index is 4.31. The average Bonchev–Trinajstić information content (AvgIpc) is 2.87. The number of nitrogens with zero attached hydrogens (tertiary/aromatic N) is 4. The first-order valence-electron chi connectivity index (χ1n) is 6.68. The van der Waals surface area contributed by atoms with E-state index in [1.54, 1.807) is 0 Å². The van der Waals surface area contributed by atoms with Crippen molar-refractivity contribution in [2.75, 3.05) is 11.9 Å². The van der Waals surface area contributed by atoms with Gasteiger partial charge < -0.3 is 9.88 Å². The lowest BCUT2D eigenvalue weighted by Crippen LogP contribution is -2.10.